The van der Waals surface area contributed by atoms with Crippen molar-refractivity contribution in [3.8, 4) is 5.75 Å². The predicted molar refractivity (Wildman–Crippen MR) is 90.4 cm³/mol. The van der Waals surface area contributed by atoms with Crippen molar-refractivity contribution < 1.29 is 14.3 Å². The van der Waals surface area contributed by atoms with Gasteiger partial charge in [0.25, 0.3) is 5.91 Å². The Morgan fingerprint density at radius 3 is 2.61 bits per heavy atom. The van der Waals surface area contributed by atoms with Crippen molar-refractivity contribution in [2.24, 2.45) is 0 Å². The van der Waals surface area contributed by atoms with Gasteiger partial charge in [-0.05, 0) is 30.5 Å². The number of carbonyl (C=O) groups is 2. The van der Waals surface area contributed by atoms with Gasteiger partial charge in [-0.15, -0.1) is 11.3 Å². The summed E-state index contributed by atoms with van der Waals surface area (Å²) in [5, 5.41) is 4.78. The van der Waals surface area contributed by atoms with Crippen LogP contribution in [0.15, 0.2) is 47.8 Å². The highest BCUT2D eigenvalue weighted by atomic mass is 32.1. The third kappa shape index (κ3) is 5.75. The summed E-state index contributed by atoms with van der Waals surface area (Å²) in [7, 11) is 0. The van der Waals surface area contributed by atoms with E-state index in [1.807, 2.05) is 42.6 Å². The van der Waals surface area contributed by atoms with E-state index < -0.39 is 0 Å². The second kappa shape index (κ2) is 8.95. The molecule has 5 nitrogen and oxygen atoms in total. The summed E-state index contributed by atoms with van der Waals surface area (Å²) in [6.45, 7) is 2.76. The SMILES string of the molecule is CCN(CC(=O)NCc1cccs1)C(=O)COc1ccccc1. The first kappa shape index (κ1) is 17.0. The largest absolute Gasteiger partial charge is 0.484 e. The Bertz CT molecular complexity index is 614. The smallest absolute Gasteiger partial charge is 0.260 e. The molecule has 122 valence electrons. The number of nitrogens with one attached hydrogen (secondary N) is 1. The first-order chi connectivity index (χ1) is 11.2. The van der Waals surface area contributed by atoms with Crippen LogP contribution in [0.5, 0.6) is 5.75 Å². The van der Waals surface area contributed by atoms with Crippen LogP contribution >= 0.6 is 11.3 Å². The molecule has 0 atom stereocenters. The van der Waals surface area contributed by atoms with Crippen molar-refractivity contribution in [2.75, 3.05) is 19.7 Å². The lowest BCUT2D eigenvalue weighted by Gasteiger charge is -2.20. The molecule has 0 spiro atoms. The fourth-order valence-electron chi connectivity index (χ4n) is 1.96. The van der Waals surface area contributed by atoms with Crippen LogP contribution in [0.25, 0.3) is 0 Å². The number of para-hydroxylation sites is 1. The minimum atomic E-state index is -0.206. The van der Waals surface area contributed by atoms with Gasteiger partial charge < -0.3 is 15.0 Å². The van der Waals surface area contributed by atoms with E-state index in [1.54, 1.807) is 23.5 Å². The molecule has 0 aliphatic heterocycles. The summed E-state index contributed by atoms with van der Waals surface area (Å²) in [5.41, 5.74) is 0. The number of benzene rings is 1. The summed E-state index contributed by atoms with van der Waals surface area (Å²) in [5.74, 6) is 0.259. The monoisotopic (exact) mass is 332 g/mol. The zero-order valence-electron chi connectivity index (χ0n) is 13.0. The zero-order chi connectivity index (χ0) is 16.5. The molecule has 6 heteroatoms. The molecule has 0 saturated carbocycles. The van der Waals surface area contributed by atoms with Crippen molar-refractivity contribution in [3.05, 3.63) is 52.7 Å². The number of ether oxygens (including phenoxy) is 1. The topological polar surface area (TPSA) is 58.6 Å². The summed E-state index contributed by atoms with van der Waals surface area (Å²) < 4.78 is 5.43. The molecule has 0 aliphatic rings. The van der Waals surface area contributed by atoms with E-state index in [0.29, 0.717) is 18.8 Å². The Morgan fingerprint density at radius 2 is 1.96 bits per heavy atom. The Hall–Kier alpha value is -2.34. The molecule has 2 amide bonds. The van der Waals surface area contributed by atoms with Crippen LogP contribution in [0.1, 0.15) is 11.8 Å². The van der Waals surface area contributed by atoms with Crippen molar-refractivity contribution in [1.29, 1.82) is 0 Å². The molecule has 2 aromatic rings. The zero-order valence-corrected chi connectivity index (χ0v) is 13.8. The van der Waals surface area contributed by atoms with E-state index in [-0.39, 0.29) is 25.0 Å². The fraction of sp³-hybridized carbons (Fsp3) is 0.294. The van der Waals surface area contributed by atoms with E-state index >= 15 is 0 Å². The number of hydrogen-bond donors (Lipinski definition) is 1. The second-order valence-corrected chi connectivity index (χ2v) is 5.90. The average molecular weight is 332 g/mol. The van der Waals surface area contributed by atoms with Gasteiger partial charge in [0.1, 0.15) is 5.75 Å². The Balaban J connectivity index is 1.76. The van der Waals surface area contributed by atoms with Gasteiger partial charge in [0.2, 0.25) is 5.91 Å². The second-order valence-electron chi connectivity index (χ2n) is 4.87. The molecule has 0 bridgehead atoms. The number of thiophene rings is 1. The van der Waals surface area contributed by atoms with Crippen molar-refractivity contribution in [3.63, 3.8) is 0 Å². The lowest BCUT2D eigenvalue weighted by atomic mass is 10.3. The third-order valence-corrected chi connectivity index (χ3v) is 4.09. The molecule has 0 aliphatic carbocycles. The van der Waals surface area contributed by atoms with Crippen LogP contribution in [-0.2, 0) is 16.1 Å². The van der Waals surface area contributed by atoms with Gasteiger partial charge in [0.05, 0.1) is 13.1 Å². The van der Waals surface area contributed by atoms with Gasteiger partial charge in [-0.1, -0.05) is 24.3 Å². The minimum absolute atomic E-state index is 0.0405. The molecule has 2 rings (SSSR count). The number of likely N-dealkylation sites (N-methyl/N-ethyl adjacent to an activating group) is 1. The highest BCUT2D eigenvalue weighted by Gasteiger charge is 2.16. The van der Waals surface area contributed by atoms with Crippen molar-refractivity contribution in [2.45, 2.75) is 13.5 Å². The van der Waals surface area contributed by atoms with Crippen molar-refractivity contribution >= 4 is 23.2 Å². The van der Waals surface area contributed by atoms with Gasteiger partial charge in [0, 0.05) is 11.4 Å². The van der Waals surface area contributed by atoms with Crippen LogP contribution < -0.4 is 10.1 Å². The molecular weight excluding hydrogens is 312 g/mol. The summed E-state index contributed by atoms with van der Waals surface area (Å²) in [4.78, 5) is 26.6. The first-order valence-electron chi connectivity index (χ1n) is 7.43. The number of carbonyl (C=O) groups excluding carboxylic acids is 2. The third-order valence-electron chi connectivity index (χ3n) is 3.21. The maximum absolute atomic E-state index is 12.1. The summed E-state index contributed by atoms with van der Waals surface area (Å²) in [6, 6.07) is 13.0. The molecule has 0 saturated heterocycles. The molecule has 0 unspecified atom stereocenters. The van der Waals surface area contributed by atoms with E-state index in [1.165, 1.54) is 4.90 Å². The molecular formula is C17H20N2O3S. The molecule has 0 fully saturated rings. The van der Waals surface area contributed by atoms with Crippen LogP contribution in [0.2, 0.25) is 0 Å². The van der Waals surface area contributed by atoms with Gasteiger partial charge >= 0.3 is 0 Å². The van der Waals surface area contributed by atoms with Gasteiger partial charge in [-0.2, -0.15) is 0 Å². The Kier molecular flexibility index (Phi) is 6.62. The standard InChI is InChI=1S/C17H20N2O3S/c1-2-19(12-16(20)18-11-15-9-6-10-23-15)17(21)13-22-14-7-4-3-5-8-14/h3-10H,2,11-13H2,1H3,(H,18,20). The van der Waals surface area contributed by atoms with E-state index in [4.69, 9.17) is 4.74 Å². The normalized spacial score (nSPS) is 10.1. The number of rotatable bonds is 8. The molecule has 1 aromatic heterocycles. The summed E-state index contributed by atoms with van der Waals surface area (Å²) >= 11 is 1.59. The van der Waals surface area contributed by atoms with Gasteiger partial charge in [0.15, 0.2) is 6.61 Å². The number of nitrogens with zero attached hydrogens (tertiary/aromatic N) is 1. The Labute approximate surface area is 139 Å². The molecule has 1 heterocycles. The maximum Gasteiger partial charge on any atom is 0.260 e. The number of amides is 2. The first-order valence-corrected chi connectivity index (χ1v) is 8.31. The highest BCUT2D eigenvalue weighted by molar-refractivity contribution is 7.09. The quantitative estimate of drug-likeness (QED) is 0.807. The average Bonchev–Trinajstić information content (AvgIpc) is 3.10. The highest BCUT2D eigenvalue weighted by Crippen LogP contribution is 2.09. The van der Waals surface area contributed by atoms with E-state index in [2.05, 4.69) is 5.32 Å². The van der Waals surface area contributed by atoms with Crippen LogP contribution in [-0.4, -0.2) is 36.4 Å². The van der Waals surface area contributed by atoms with Crippen LogP contribution in [0, 0.1) is 0 Å². The minimum Gasteiger partial charge on any atom is -0.484 e. The van der Waals surface area contributed by atoms with Crippen LogP contribution in [0.4, 0.5) is 0 Å². The lowest BCUT2D eigenvalue weighted by molar-refractivity contribution is -0.137. The molecule has 23 heavy (non-hydrogen) atoms. The van der Waals surface area contributed by atoms with E-state index in [9.17, 15) is 9.59 Å². The number of hydrogen-bond acceptors (Lipinski definition) is 4. The molecule has 1 N–H and O–H groups in total. The Morgan fingerprint density at radius 1 is 1.17 bits per heavy atom. The predicted octanol–water partition coefficient (Wildman–Crippen LogP) is 2.29. The fourth-order valence-corrected chi connectivity index (χ4v) is 2.60. The van der Waals surface area contributed by atoms with Gasteiger partial charge in [-0.25, -0.2) is 0 Å². The maximum atomic E-state index is 12.1. The lowest BCUT2D eigenvalue weighted by Crippen LogP contribution is -2.42. The molecule has 1 aromatic carbocycles. The van der Waals surface area contributed by atoms with Gasteiger partial charge in [-0.3, -0.25) is 9.59 Å². The van der Waals surface area contributed by atoms with Crippen LogP contribution in [0.3, 0.4) is 0 Å². The summed E-state index contributed by atoms with van der Waals surface area (Å²) in [6.07, 6.45) is 0. The van der Waals surface area contributed by atoms with Crippen molar-refractivity contribution in [1.82, 2.24) is 10.2 Å². The van der Waals surface area contributed by atoms with E-state index in [0.717, 1.165) is 4.88 Å². The molecule has 0 radical (unpaired) electrons.